The molecule has 1 fully saturated rings. The number of benzene rings is 1. The molecule has 0 aliphatic carbocycles. The van der Waals surface area contributed by atoms with Gasteiger partial charge in [0.1, 0.15) is 0 Å². The molecule has 1 amide bonds. The largest absolute Gasteiger partial charge is 0.469 e. The number of amides is 1. The Hall–Kier alpha value is -1.88. The summed E-state index contributed by atoms with van der Waals surface area (Å²) in [6.07, 6.45) is 2.46. The van der Waals surface area contributed by atoms with Crippen LogP contribution in [0.1, 0.15) is 25.3 Å². The first-order valence-electron chi connectivity index (χ1n) is 8.33. The predicted molar refractivity (Wildman–Crippen MR) is 88.3 cm³/mol. The lowest BCUT2D eigenvalue weighted by atomic mass is 9.96. The zero-order valence-corrected chi connectivity index (χ0v) is 13.8. The molecule has 0 radical (unpaired) electrons. The van der Waals surface area contributed by atoms with Gasteiger partial charge >= 0.3 is 5.97 Å². The molecule has 2 aliphatic heterocycles. The van der Waals surface area contributed by atoms with Crippen molar-refractivity contribution in [3.8, 4) is 0 Å². The van der Waals surface area contributed by atoms with E-state index >= 15 is 0 Å². The highest BCUT2D eigenvalue weighted by Crippen LogP contribution is 2.29. The lowest BCUT2D eigenvalue weighted by molar-refractivity contribution is -0.147. The third-order valence-electron chi connectivity index (χ3n) is 5.12. The maximum Gasteiger partial charge on any atom is 0.308 e. The fraction of sp³-hybridized carbons (Fsp3) is 0.556. The summed E-state index contributed by atoms with van der Waals surface area (Å²) >= 11 is 0. The molecule has 1 atom stereocenters. The van der Waals surface area contributed by atoms with Gasteiger partial charge < -0.3 is 9.64 Å². The second-order valence-electron chi connectivity index (χ2n) is 6.38. The van der Waals surface area contributed by atoms with Crippen LogP contribution in [-0.2, 0) is 20.7 Å². The lowest BCUT2D eigenvalue weighted by Crippen LogP contribution is -2.50. The number of anilines is 1. The van der Waals surface area contributed by atoms with Crippen molar-refractivity contribution in [3.63, 3.8) is 0 Å². The van der Waals surface area contributed by atoms with Crippen molar-refractivity contribution in [2.45, 2.75) is 32.2 Å². The zero-order chi connectivity index (χ0) is 16.4. The van der Waals surface area contributed by atoms with Crippen LogP contribution in [0.4, 0.5) is 5.69 Å². The van der Waals surface area contributed by atoms with E-state index in [4.69, 9.17) is 4.74 Å². The standard InChI is InChI=1S/C18H24N2O3/c1-13(19-10-7-15(8-11-19)18(22)23-2)17(21)20-12-9-14-5-3-4-6-16(14)20/h3-6,13,15H,7-12H2,1-2H3. The van der Waals surface area contributed by atoms with Crippen LogP contribution in [0.5, 0.6) is 0 Å². The summed E-state index contributed by atoms with van der Waals surface area (Å²) in [4.78, 5) is 28.6. The quantitative estimate of drug-likeness (QED) is 0.799. The van der Waals surface area contributed by atoms with E-state index in [1.54, 1.807) is 0 Å². The number of nitrogens with zero attached hydrogens (tertiary/aromatic N) is 2. The number of rotatable bonds is 3. The number of fused-ring (bicyclic) bond motifs is 1. The number of hydrogen-bond acceptors (Lipinski definition) is 4. The summed E-state index contributed by atoms with van der Waals surface area (Å²) in [6, 6.07) is 7.97. The van der Waals surface area contributed by atoms with E-state index < -0.39 is 0 Å². The summed E-state index contributed by atoms with van der Waals surface area (Å²) in [6.45, 7) is 4.27. The van der Waals surface area contributed by atoms with Gasteiger partial charge in [-0.25, -0.2) is 0 Å². The molecule has 0 bridgehead atoms. The van der Waals surface area contributed by atoms with Crippen LogP contribution in [0.3, 0.4) is 0 Å². The van der Waals surface area contributed by atoms with Crippen molar-refractivity contribution in [1.82, 2.24) is 4.90 Å². The van der Waals surface area contributed by atoms with Crippen molar-refractivity contribution in [1.29, 1.82) is 0 Å². The maximum atomic E-state index is 12.9. The zero-order valence-electron chi connectivity index (χ0n) is 13.8. The van der Waals surface area contributed by atoms with Crippen LogP contribution in [0.25, 0.3) is 0 Å². The fourth-order valence-corrected chi connectivity index (χ4v) is 3.64. The lowest BCUT2D eigenvalue weighted by Gasteiger charge is -2.36. The molecule has 2 aliphatic rings. The van der Waals surface area contributed by atoms with E-state index in [2.05, 4.69) is 11.0 Å². The average molecular weight is 316 g/mol. The molecular formula is C18H24N2O3. The minimum atomic E-state index is -0.153. The number of hydrogen-bond donors (Lipinski definition) is 0. The van der Waals surface area contributed by atoms with Crippen LogP contribution in [0.2, 0.25) is 0 Å². The highest BCUT2D eigenvalue weighted by molar-refractivity contribution is 5.98. The molecule has 0 saturated carbocycles. The Kier molecular flexibility index (Phi) is 4.66. The number of carbonyl (C=O) groups excluding carboxylic acids is 2. The van der Waals surface area contributed by atoms with E-state index in [0.29, 0.717) is 0 Å². The van der Waals surface area contributed by atoms with Gasteiger partial charge in [0.15, 0.2) is 0 Å². The Labute approximate surface area is 137 Å². The highest BCUT2D eigenvalue weighted by atomic mass is 16.5. The van der Waals surface area contributed by atoms with Gasteiger partial charge in [0.05, 0.1) is 19.1 Å². The van der Waals surface area contributed by atoms with Gasteiger partial charge in [0.2, 0.25) is 5.91 Å². The Bertz CT molecular complexity index is 594. The Morgan fingerprint density at radius 3 is 2.57 bits per heavy atom. The molecule has 0 N–H and O–H groups in total. The molecule has 23 heavy (non-hydrogen) atoms. The Balaban J connectivity index is 1.62. The molecule has 2 heterocycles. The monoisotopic (exact) mass is 316 g/mol. The smallest absolute Gasteiger partial charge is 0.308 e. The molecule has 5 nitrogen and oxygen atoms in total. The van der Waals surface area contributed by atoms with E-state index in [9.17, 15) is 9.59 Å². The second kappa shape index (κ2) is 6.71. The van der Waals surface area contributed by atoms with Crippen LogP contribution >= 0.6 is 0 Å². The van der Waals surface area contributed by atoms with Crippen LogP contribution in [0, 0.1) is 5.92 Å². The normalized spacial score (nSPS) is 20.2. The third-order valence-corrected chi connectivity index (χ3v) is 5.12. The molecule has 0 spiro atoms. The number of piperidine rings is 1. The van der Waals surface area contributed by atoms with Crippen molar-refractivity contribution < 1.29 is 14.3 Å². The fourth-order valence-electron chi connectivity index (χ4n) is 3.64. The summed E-state index contributed by atoms with van der Waals surface area (Å²) in [7, 11) is 1.44. The molecule has 1 aromatic carbocycles. The Morgan fingerprint density at radius 2 is 1.87 bits per heavy atom. The van der Waals surface area contributed by atoms with Crippen LogP contribution in [0.15, 0.2) is 24.3 Å². The summed E-state index contributed by atoms with van der Waals surface area (Å²) in [5.41, 5.74) is 2.30. The van der Waals surface area contributed by atoms with Crippen molar-refractivity contribution >= 4 is 17.6 Å². The molecular weight excluding hydrogens is 292 g/mol. The maximum absolute atomic E-state index is 12.9. The third kappa shape index (κ3) is 3.11. The molecule has 0 aromatic heterocycles. The van der Waals surface area contributed by atoms with Gasteiger partial charge in [-0.1, -0.05) is 18.2 Å². The number of esters is 1. The number of ether oxygens (including phenoxy) is 1. The summed E-state index contributed by atoms with van der Waals surface area (Å²) < 4.78 is 4.82. The first-order chi connectivity index (χ1) is 11.1. The topological polar surface area (TPSA) is 49.9 Å². The minimum absolute atomic E-state index is 0.0222. The van der Waals surface area contributed by atoms with Crippen LogP contribution in [-0.4, -0.2) is 49.6 Å². The number of para-hydroxylation sites is 1. The van der Waals surface area contributed by atoms with Crippen molar-refractivity contribution in [2.24, 2.45) is 5.92 Å². The van der Waals surface area contributed by atoms with E-state index in [-0.39, 0.29) is 23.8 Å². The van der Waals surface area contributed by atoms with Gasteiger partial charge in [0.25, 0.3) is 0 Å². The predicted octanol–water partition coefficient (Wildman–Crippen LogP) is 1.85. The van der Waals surface area contributed by atoms with E-state index in [1.807, 2.05) is 30.0 Å². The van der Waals surface area contributed by atoms with Crippen LogP contribution < -0.4 is 4.90 Å². The van der Waals surface area contributed by atoms with E-state index in [0.717, 1.165) is 44.6 Å². The van der Waals surface area contributed by atoms with Gasteiger partial charge in [-0.3, -0.25) is 14.5 Å². The van der Waals surface area contributed by atoms with Gasteiger partial charge in [-0.15, -0.1) is 0 Å². The number of carbonyl (C=O) groups is 2. The summed E-state index contributed by atoms with van der Waals surface area (Å²) in [5.74, 6) is 0.00892. The molecule has 5 heteroatoms. The molecule has 1 unspecified atom stereocenters. The van der Waals surface area contributed by atoms with E-state index in [1.165, 1.54) is 12.7 Å². The SMILES string of the molecule is COC(=O)C1CCN(C(C)C(=O)N2CCc3ccccc32)CC1. The van der Waals surface area contributed by atoms with Gasteiger partial charge in [-0.2, -0.15) is 0 Å². The van der Waals surface area contributed by atoms with Crippen molar-refractivity contribution in [2.75, 3.05) is 31.6 Å². The molecule has 1 saturated heterocycles. The molecule has 124 valence electrons. The first kappa shape index (κ1) is 16.0. The Morgan fingerprint density at radius 1 is 1.17 bits per heavy atom. The summed E-state index contributed by atoms with van der Waals surface area (Å²) in [5, 5.41) is 0. The second-order valence-corrected chi connectivity index (χ2v) is 6.38. The number of methoxy groups -OCH3 is 1. The number of likely N-dealkylation sites (tertiary alicyclic amines) is 1. The molecule has 1 aromatic rings. The first-order valence-corrected chi connectivity index (χ1v) is 8.33. The minimum Gasteiger partial charge on any atom is -0.469 e. The average Bonchev–Trinajstić information content (AvgIpc) is 3.04. The highest BCUT2D eigenvalue weighted by Gasteiger charge is 2.34. The van der Waals surface area contributed by atoms with Gasteiger partial charge in [0, 0.05) is 12.2 Å². The molecule has 3 rings (SSSR count). The van der Waals surface area contributed by atoms with Crippen molar-refractivity contribution in [3.05, 3.63) is 29.8 Å². The van der Waals surface area contributed by atoms with Gasteiger partial charge in [-0.05, 0) is 50.9 Å².